The Morgan fingerprint density at radius 2 is 1.59 bits per heavy atom. The Hall–Kier alpha value is -3.30. The molecule has 0 saturated carbocycles. The number of carbonyl (C=O) groups excluding carboxylic acids is 4. The standard InChI is InChI=1S/C27H41N3O7/c1-5-6-10-19-35-26(34)30-17-15-29(16-18-30)24(32)22(13-14-23(31)37-27(2,3)4)28-25(33)36-20-21-11-8-7-9-12-21/h7-9,11-12,22H,5-6,10,13-20H2,1-4H3,(H,28,33)/t22-/m0/s1. The normalized spacial score (nSPS) is 14.5. The van der Waals surface area contributed by atoms with E-state index in [1.807, 2.05) is 30.3 Å². The number of unbranched alkanes of at least 4 members (excludes halogenated alkanes) is 2. The lowest BCUT2D eigenvalue weighted by molar-refractivity contribution is -0.155. The summed E-state index contributed by atoms with van der Waals surface area (Å²) in [4.78, 5) is 53.5. The molecule has 206 valence electrons. The molecule has 37 heavy (non-hydrogen) atoms. The van der Waals surface area contributed by atoms with Crippen molar-refractivity contribution in [2.75, 3.05) is 32.8 Å². The first kappa shape index (κ1) is 29.9. The molecule has 3 amide bonds. The van der Waals surface area contributed by atoms with Crippen molar-refractivity contribution in [1.82, 2.24) is 15.1 Å². The maximum absolute atomic E-state index is 13.3. The van der Waals surface area contributed by atoms with Gasteiger partial charge < -0.3 is 29.3 Å². The average Bonchev–Trinajstić information content (AvgIpc) is 2.87. The Morgan fingerprint density at radius 3 is 2.22 bits per heavy atom. The lowest BCUT2D eigenvalue weighted by Crippen LogP contribution is -2.56. The molecule has 1 N–H and O–H groups in total. The number of benzene rings is 1. The molecule has 1 saturated heterocycles. The van der Waals surface area contributed by atoms with Gasteiger partial charge in [-0.05, 0) is 39.2 Å². The van der Waals surface area contributed by atoms with E-state index in [-0.39, 0.29) is 31.4 Å². The largest absolute Gasteiger partial charge is 0.460 e. The van der Waals surface area contributed by atoms with Crippen LogP contribution in [0.4, 0.5) is 9.59 Å². The van der Waals surface area contributed by atoms with E-state index >= 15 is 0 Å². The highest BCUT2D eigenvalue weighted by molar-refractivity contribution is 5.86. The molecule has 0 unspecified atom stereocenters. The summed E-state index contributed by atoms with van der Waals surface area (Å²) in [7, 11) is 0. The molecule has 2 rings (SSSR count). The fourth-order valence-electron chi connectivity index (χ4n) is 3.75. The highest BCUT2D eigenvalue weighted by Gasteiger charge is 2.31. The Labute approximate surface area is 219 Å². The number of piperazine rings is 1. The number of esters is 1. The molecule has 0 radical (unpaired) electrons. The number of carbonyl (C=O) groups is 4. The van der Waals surface area contributed by atoms with Crippen molar-refractivity contribution in [2.45, 2.75) is 78.0 Å². The molecule has 1 aliphatic rings. The molecule has 0 spiro atoms. The molecule has 0 aromatic heterocycles. The molecule has 10 heteroatoms. The van der Waals surface area contributed by atoms with Crippen LogP contribution in [0.5, 0.6) is 0 Å². The van der Waals surface area contributed by atoms with Gasteiger partial charge in [-0.2, -0.15) is 0 Å². The van der Waals surface area contributed by atoms with E-state index < -0.39 is 23.7 Å². The molecule has 1 aromatic rings. The first-order chi connectivity index (χ1) is 17.6. The second-order valence-corrected chi connectivity index (χ2v) is 10.0. The van der Waals surface area contributed by atoms with Crippen LogP contribution in [0.2, 0.25) is 0 Å². The van der Waals surface area contributed by atoms with Crippen LogP contribution < -0.4 is 5.32 Å². The van der Waals surface area contributed by atoms with Gasteiger partial charge in [-0.1, -0.05) is 50.1 Å². The van der Waals surface area contributed by atoms with Gasteiger partial charge in [0.05, 0.1) is 6.61 Å². The Kier molecular flexibility index (Phi) is 12.2. The summed E-state index contributed by atoms with van der Waals surface area (Å²) in [6.45, 7) is 9.07. The van der Waals surface area contributed by atoms with Gasteiger partial charge in [0, 0.05) is 32.6 Å². The number of amides is 3. The van der Waals surface area contributed by atoms with E-state index in [1.165, 1.54) is 0 Å². The van der Waals surface area contributed by atoms with Crippen molar-refractivity contribution in [3.63, 3.8) is 0 Å². The van der Waals surface area contributed by atoms with E-state index in [4.69, 9.17) is 14.2 Å². The van der Waals surface area contributed by atoms with Gasteiger partial charge in [-0.15, -0.1) is 0 Å². The number of rotatable bonds is 11. The Bertz CT molecular complexity index is 878. The van der Waals surface area contributed by atoms with Gasteiger partial charge in [-0.3, -0.25) is 9.59 Å². The zero-order valence-electron chi connectivity index (χ0n) is 22.5. The van der Waals surface area contributed by atoms with E-state index in [1.54, 1.807) is 30.6 Å². The van der Waals surface area contributed by atoms with E-state index in [0.717, 1.165) is 24.8 Å². The molecular weight excluding hydrogens is 478 g/mol. The number of nitrogens with one attached hydrogen (secondary N) is 1. The third kappa shape index (κ3) is 11.5. The summed E-state index contributed by atoms with van der Waals surface area (Å²) < 4.78 is 15.9. The number of nitrogens with zero attached hydrogens (tertiary/aromatic N) is 2. The summed E-state index contributed by atoms with van der Waals surface area (Å²) in [6.07, 6.45) is 1.76. The van der Waals surface area contributed by atoms with Crippen LogP contribution in [0.15, 0.2) is 30.3 Å². The lowest BCUT2D eigenvalue weighted by Gasteiger charge is -2.36. The van der Waals surface area contributed by atoms with Gasteiger partial charge in [-0.25, -0.2) is 9.59 Å². The molecular formula is C27H41N3O7. The smallest absolute Gasteiger partial charge is 0.409 e. The highest BCUT2D eigenvalue weighted by Crippen LogP contribution is 2.13. The third-order valence-corrected chi connectivity index (χ3v) is 5.68. The Balaban J connectivity index is 1.93. The predicted molar refractivity (Wildman–Crippen MR) is 138 cm³/mol. The second-order valence-electron chi connectivity index (χ2n) is 10.0. The van der Waals surface area contributed by atoms with Gasteiger partial charge in [0.1, 0.15) is 18.2 Å². The minimum atomic E-state index is -0.969. The van der Waals surface area contributed by atoms with Gasteiger partial charge in [0.2, 0.25) is 5.91 Å². The summed E-state index contributed by atoms with van der Waals surface area (Å²) in [5.41, 5.74) is 0.159. The molecule has 0 aliphatic carbocycles. The molecule has 10 nitrogen and oxygen atoms in total. The molecule has 1 fully saturated rings. The summed E-state index contributed by atoms with van der Waals surface area (Å²) in [6, 6.07) is 8.22. The van der Waals surface area contributed by atoms with E-state index in [9.17, 15) is 19.2 Å². The number of hydrogen-bond acceptors (Lipinski definition) is 7. The number of alkyl carbamates (subject to hydrolysis) is 1. The van der Waals surface area contributed by atoms with Crippen LogP contribution in [0, 0.1) is 0 Å². The fourth-order valence-corrected chi connectivity index (χ4v) is 3.75. The molecule has 1 aliphatic heterocycles. The van der Waals surface area contributed by atoms with Crippen LogP contribution in [-0.4, -0.2) is 78.3 Å². The van der Waals surface area contributed by atoms with Crippen molar-refractivity contribution < 1.29 is 33.4 Å². The van der Waals surface area contributed by atoms with Crippen LogP contribution in [0.1, 0.15) is 65.4 Å². The highest BCUT2D eigenvalue weighted by atomic mass is 16.6. The fraction of sp³-hybridized carbons (Fsp3) is 0.630. The maximum Gasteiger partial charge on any atom is 0.409 e. The minimum Gasteiger partial charge on any atom is -0.460 e. The first-order valence-electron chi connectivity index (χ1n) is 13.0. The quantitative estimate of drug-likeness (QED) is 0.268. The van der Waals surface area contributed by atoms with Crippen LogP contribution in [0.25, 0.3) is 0 Å². The molecule has 1 atom stereocenters. The maximum atomic E-state index is 13.3. The predicted octanol–water partition coefficient (Wildman–Crippen LogP) is 3.87. The molecule has 0 bridgehead atoms. The summed E-state index contributed by atoms with van der Waals surface area (Å²) >= 11 is 0. The van der Waals surface area contributed by atoms with Crippen molar-refractivity contribution in [1.29, 1.82) is 0 Å². The minimum absolute atomic E-state index is 0.0449. The zero-order chi connectivity index (χ0) is 27.3. The SMILES string of the molecule is CCCCCOC(=O)N1CCN(C(=O)[C@H](CCC(=O)OC(C)(C)C)NC(=O)OCc2ccccc2)CC1. The monoisotopic (exact) mass is 519 g/mol. The van der Waals surface area contributed by atoms with Crippen molar-refractivity contribution in [3.8, 4) is 0 Å². The Morgan fingerprint density at radius 1 is 0.946 bits per heavy atom. The van der Waals surface area contributed by atoms with E-state index in [2.05, 4.69) is 12.2 Å². The molecule has 1 heterocycles. The van der Waals surface area contributed by atoms with Crippen LogP contribution in [-0.2, 0) is 30.4 Å². The summed E-state index contributed by atoms with van der Waals surface area (Å²) in [5.74, 6) is -0.795. The van der Waals surface area contributed by atoms with Crippen LogP contribution in [0.3, 0.4) is 0 Å². The summed E-state index contributed by atoms with van der Waals surface area (Å²) in [5, 5.41) is 2.61. The molecule has 1 aromatic carbocycles. The van der Waals surface area contributed by atoms with Crippen molar-refractivity contribution in [2.24, 2.45) is 0 Å². The van der Waals surface area contributed by atoms with E-state index in [0.29, 0.717) is 32.8 Å². The van der Waals surface area contributed by atoms with Crippen molar-refractivity contribution in [3.05, 3.63) is 35.9 Å². The van der Waals surface area contributed by atoms with Gasteiger partial charge in [0.15, 0.2) is 0 Å². The second kappa shape index (κ2) is 15.1. The number of ether oxygens (including phenoxy) is 3. The van der Waals surface area contributed by atoms with Gasteiger partial charge in [0.25, 0.3) is 0 Å². The third-order valence-electron chi connectivity index (χ3n) is 5.68. The topological polar surface area (TPSA) is 114 Å². The average molecular weight is 520 g/mol. The lowest BCUT2D eigenvalue weighted by atomic mass is 10.1. The van der Waals surface area contributed by atoms with Crippen LogP contribution >= 0.6 is 0 Å². The van der Waals surface area contributed by atoms with Crippen molar-refractivity contribution >= 4 is 24.1 Å². The number of hydrogen-bond donors (Lipinski definition) is 1. The zero-order valence-corrected chi connectivity index (χ0v) is 22.5. The van der Waals surface area contributed by atoms with Gasteiger partial charge >= 0.3 is 18.2 Å². The first-order valence-corrected chi connectivity index (χ1v) is 13.0.